The molecule has 6 heteroatoms. The van der Waals surface area contributed by atoms with E-state index in [1.165, 1.54) is 6.92 Å². The van der Waals surface area contributed by atoms with Crippen LogP contribution in [0.5, 0.6) is 5.75 Å². The van der Waals surface area contributed by atoms with Gasteiger partial charge in [0.15, 0.2) is 0 Å². The Hall–Kier alpha value is -3.38. The molecule has 6 nitrogen and oxygen atoms in total. The number of anilines is 2. The van der Waals surface area contributed by atoms with E-state index in [1.54, 1.807) is 24.3 Å². The van der Waals surface area contributed by atoms with Crippen molar-refractivity contribution < 1.29 is 14.3 Å². The van der Waals surface area contributed by atoms with E-state index >= 15 is 0 Å². The van der Waals surface area contributed by atoms with E-state index < -0.39 is 0 Å². The van der Waals surface area contributed by atoms with Crippen LogP contribution in [0.1, 0.15) is 25.8 Å². The van der Waals surface area contributed by atoms with Crippen molar-refractivity contribution in [3.05, 3.63) is 66.2 Å². The normalized spacial score (nSPS) is 10.8. The van der Waals surface area contributed by atoms with Crippen LogP contribution in [0, 0.1) is 0 Å². The van der Waals surface area contributed by atoms with Crippen molar-refractivity contribution in [1.82, 2.24) is 4.90 Å². The number of rotatable bonds is 9. The van der Waals surface area contributed by atoms with E-state index in [-0.39, 0.29) is 18.4 Å². The van der Waals surface area contributed by atoms with E-state index in [0.29, 0.717) is 24.5 Å². The second kappa shape index (κ2) is 10.6. The zero-order valence-electron chi connectivity index (χ0n) is 18.3. The summed E-state index contributed by atoms with van der Waals surface area (Å²) in [6.07, 6.45) is 0.933. The maximum atomic E-state index is 12.6. The lowest BCUT2D eigenvalue weighted by Crippen LogP contribution is -2.30. The Morgan fingerprint density at radius 3 is 2.45 bits per heavy atom. The summed E-state index contributed by atoms with van der Waals surface area (Å²) in [6, 6.07) is 19.4. The number of carbonyl (C=O) groups is 2. The molecule has 0 heterocycles. The molecule has 0 aliphatic rings. The second-order valence-electron chi connectivity index (χ2n) is 7.59. The molecular weight excluding hydrogens is 390 g/mol. The Labute approximate surface area is 183 Å². The van der Waals surface area contributed by atoms with Gasteiger partial charge in [-0.05, 0) is 48.5 Å². The number of fused-ring (bicyclic) bond motifs is 1. The average Bonchev–Trinajstić information content (AvgIpc) is 2.72. The quantitative estimate of drug-likeness (QED) is 0.529. The molecule has 2 amide bonds. The Morgan fingerprint density at radius 1 is 0.968 bits per heavy atom. The summed E-state index contributed by atoms with van der Waals surface area (Å²) in [5, 5.41) is 7.89. The van der Waals surface area contributed by atoms with Crippen molar-refractivity contribution >= 4 is 34.0 Å². The van der Waals surface area contributed by atoms with Gasteiger partial charge in [0.1, 0.15) is 5.75 Å². The zero-order valence-corrected chi connectivity index (χ0v) is 18.3. The molecule has 0 saturated heterocycles. The average molecular weight is 420 g/mol. The van der Waals surface area contributed by atoms with Gasteiger partial charge in [0.05, 0.1) is 13.2 Å². The summed E-state index contributed by atoms with van der Waals surface area (Å²) in [5.74, 6) is 0.578. The van der Waals surface area contributed by atoms with E-state index in [1.807, 2.05) is 30.1 Å². The SMILES string of the molecule is CCCOc1ccc2ccccc2c1CN(C)CC(=O)Nc1cccc(NC(C)=O)c1. The first-order valence-corrected chi connectivity index (χ1v) is 10.5. The predicted octanol–water partition coefficient (Wildman–Crippen LogP) is 4.66. The van der Waals surface area contributed by atoms with Gasteiger partial charge in [0.2, 0.25) is 11.8 Å². The fraction of sp³-hybridized carbons (Fsp3) is 0.280. The molecule has 0 bridgehead atoms. The molecule has 0 aromatic heterocycles. The van der Waals surface area contributed by atoms with Gasteiger partial charge < -0.3 is 15.4 Å². The Bertz CT molecular complexity index is 1060. The lowest BCUT2D eigenvalue weighted by molar-refractivity contribution is -0.117. The smallest absolute Gasteiger partial charge is 0.238 e. The molecule has 0 saturated carbocycles. The summed E-state index contributed by atoms with van der Waals surface area (Å²) < 4.78 is 5.98. The van der Waals surface area contributed by atoms with E-state index in [9.17, 15) is 9.59 Å². The number of nitrogens with zero attached hydrogens (tertiary/aromatic N) is 1. The summed E-state index contributed by atoms with van der Waals surface area (Å²) in [6.45, 7) is 4.99. The van der Waals surface area contributed by atoms with Gasteiger partial charge in [-0.2, -0.15) is 0 Å². The molecule has 0 aliphatic carbocycles. The van der Waals surface area contributed by atoms with E-state index in [4.69, 9.17) is 4.74 Å². The third-order valence-electron chi connectivity index (χ3n) is 4.77. The minimum atomic E-state index is -0.153. The van der Waals surface area contributed by atoms with Crippen molar-refractivity contribution in [2.75, 3.05) is 30.8 Å². The van der Waals surface area contributed by atoms with E-state index in [2.05, 4.69) is 35.8 Å². The fourth-order valence-corrected chi connectivity index (χ4v) is 3.48. The number of benzene rings is 3. The maximum absolute atomic E-state index is 12.6. The third-order valence-corrected chi connectivity index (χ3v) is 4.77. The minimum Gasteiger partial charge on any atom is -0.493 e. The topological polar surface area (TPSA) is 70.7 Å². The van der Waals surface area contributed by atoms with Crippen LogP contribution in [0.3, 0.4) is 0 Å². The van der Waals surface area contributed by atoms with Crippen LogP contribution in [-0.2, 0) is 16.1 Å². The first-order valence-electron chi connectivity index (χ1n) is 10.5. The van der Waals surface area contributed by atoms with Gasteiger partial charge in [-0.25, -0.2) is 0 Å². The van der Waals surface area contributed by atoms with Crippen LogP contribution in [0.15, 0.2) is 60.7 Å². The number of ether oxygens (including phenoxy) is 1. The molecule has 3 aromatic carbocycles. The third kappa shape index (κ3) is 6.30. The summed E-state index contributed by atoms with van der Waals surface area (Å²) >= 11 is 0. The van der Waals surface area contributed by atoms with Gasteiger partial charge >= 0.3 is 0 Å². The number of likely N-dealkylation sites (N-methyl/N-ethyl adjacent to an activating group) is 1. The Morgan fingerprint density at radius 2 is 1.71 bits per heavy atom. The van der Waals surface area contributed by atoms with Crippen molar-refractivity contribution in [2.24, 2.45) is 0 Å². The highest BCUT2D eigenvalue weighted by Crippen LogP contribution is 2.29. The molecule has 3 rings (SSSR count). The molecule has 2 N–H and O–H groups in total. The van der Waals surface area contributed by atoms with Gasteiger partial charge in [-0.1, -0.05) is 43.3 Å². The molecule has 0 atom stereocenters. The fourth-order valence-electron chi connectivity index (χ4n) is 3.48. The summed E-state index contributed by atoms with van der Waals surface area (Å²) in [5.41, 5.74) is 2.36. The van der Waals surface area contributed by atoms with Crippen LogP contribution in [-0.4, -0.2) is 36.9 Å². The molecule has 0 fully saturated rings. The zero-order chi connectivity index (χ0) is 22.2. The highest BCUT2D eigenvalue weighted by Gasteiger charge is 2.14. The molecule has 31 heavy (non-hydrogen) atoms. The van der Waals surface area contributed by atoms with Crippen LogP contribution in [0.2, 0.25) is 0 Å². The van der Waals surface area contributed by atoms with Crippen molar-refractivity contribution in [3.63, 3.8) is 0 Å². The standard InChI is InChI=1S/C25H29N3O3/c1-4-14-31-24-13-12-19-8-5-6-11-22(19)23(24)16-28(3)17-25(30)27-21-10-7-9-20(15-21)26-18(2)29/h5-13,15H,4,14,16-17H2,1-3H3,(H,26,29)(H,27,30). The minimum absolute atomic E-state index is 0.126. The van der Waals surface area contributed by atoms with Crippen LogP contribution in [0.25, 0.3) is 10.8 Å². The van der Waals surface area contributed by atoms with Crippen LogP contribution in [0.4, 0.5) is 11.4 Å². The molecule has 0 radical (unpaired) electrons. The van der Waals surface area contributed by atoms with Crippen LogP contribution < -0.4 is 15.4 Å². The second-order valence-corrected chi connectivity index (χ2v) is 7.59. The molecule has 0 aliphatic heterocycles. The number of hydrogen-bond acceptors (Lipinski definition) is 4. The summed E-state index contributed by atoms with van der Waals surface area (Å²) in [7, 11) is 1.92. The highest BCUT2D eigenvalue weighted by molar-refractivity contribution is 5.94. The molecule has 0 spiro atoms. The number of carbonyl (C=O) groups excluding carboxylic acids is 2. The molecule has 3 aromatic rings. The van der Waals surface area contributed by atoms with Gasteiger partial charge in [0, 0.05) is 30.4 Å². The molecule has 0 unspecified atom stereocenters. The highest BCUT2D eigenvalue weighted by atomic mass is 16.5. The van der Waals surface area contributed by atoms with Crippen molar-refractivity contribution in [1.29, 1.82) is 0 Å². The lowest BCUT2D eigenvalue weighted by atomic mass is 10.0. The van der Waals surface area contributed by atoms with Gasteiger partial charge in [0.25, 0.3) is 0 Å². The van der Waals surface area contributed by atoms with Gasteiger partial charge in [-0.15, -0.1) is 0 Å². The predicted molar refractivity (Wildman–Crippen MR) is 125 cm³/mol. The molecule has 162 valence electrons. The molecular formula is C25H29N3O3. The van der Waals surface area contributed by atoms with Crippen molar-refractivity contribution in [2.45, 2.75) is 26.8 Å². The summed E-state index contributed by atoms with van der Waals surface area (Å²) in [4.78, 5) is 25.8. The monoisotopic (exact) mass is 419 g/mol. The maximum Gasteiger partial charge on any atom is 0.238 e. The lowest BCUT2D eigenvalue weighted by Gasteiger charge is -2.20. The number of nitrogens with one attached hydrogen (secondary N) is 2. The Balaban J connectivity index is 1.70. The number of hydrogen-bond donors (Lipinski definition) is 2. The first-order chi connectivity index (χ1) is 15.0. The van der Waals surface area contributed by atoms with Crippen molar-refractivity contribution in [3.8, 4) is 5.75 Å². The number of amides is 2. The van der Waals surface area contributed by atoms with E-state index in [0.717, 1.165) is 28.5 Å². The Kier molecular flexibility index (Phi) is 7.62. The van der Waals surface area contributed by atoms with Crippen LogP contribution >= 0.6 is 0 Å². The first kappa shape index (κ1) is 22.3. The van der Waals surface area contributed by atoms with Gasteiger partial charge in [-0.3, -0.25) is 14.5 Å². The largest absolute Gasteiger partial charge is 0.493 e.